The number of nitrogens with zero attached hydrogens (tertiary/aromatic N) is 1. The Balaban J connectivity index is 1.63. The van der Waals surface area contributed by atoms with Gasteiger partial charge in [-0.3, -0.25) is 9.59 Å². The van der Waals surface area contributed by atoms with Gasteiger partial charge in [-0.2, -0.15) is 0 Å². The third-order valence-corrected chi connectivity index (χ3v) is 5.43. The fraction of sp³-hybridized carbons (Fsp3) is 0.231. The van der Waals surface area contributed by atoms with Crippen molar-refractivity contribution in [3.8, 4) is 0 Å². The Hall–Kier alpha value is -3.60. The number of hydrogen-bond donors (Lipinski definition) is 2. The zero-order chi connectivity index (χ0) is 21.8. The normalized spacial score (nSPS) is 13.0. The minimum atomic E-state index is -0.445. The topological polar surface area (TPSA) is 61.4 Å². The van der Waals surface area contributed by atoms with Crippen LogP contribution >= 0.6 is 0 Å². The molecule has 0 saturated heterocycles. The summed E-state index contributed by atoms with van der Waals surface area (Å²) in [4.78, 5) is 28.1. The molecule has 158 valence electrons. The summed E-state index contributed by atoms with van der Waals surface area (Å²) in [6.07, 6.45) is 2.05. The summed E-state index contributed by atoms with van der Waals surface area (Å²) < 4.78 is 0. The van der Waals surface area contributed by atoms with Gasteiger partial charge < -0.3 is 15.5 Å². The molecule has 3 aromatic carbocycles. The predicted molar refractivity (Wildman–Crippen MR) is 125 cm³/mol. The summed E-state index contributed by atoms with van der Waals surface area (Å²) in [5, 5.41) is 6.07. The smallest absolute Gasteiger partial charge is 0.253 e. The standard InChI is InChI=1S/C26H27N3O2/c1-29(2)23-16-15-21(17-22(23)25(30)27-20-13-14-20)28-26(31)24(18-9-5-3-6-10-18)19-11-7-4-8-12-19/h3-12,15-17,20,24H,13-14H2,1-2H3,(H,27,30)(H,28,31). The van der Waals surface area contributed by atoms with E-state index in [0.29, 0.717) is 11.3 Å². The molecule has 1 aliphatic rings. The average Bonchev–Trinajstić information content (AvgIpc) is 3.59. The van der Waals surface area contributed by atoms with Crippen molar-refractivity contribution in [1.82, 2.24) is 5.32 Å². The number of carbonyl (C=O) groups excluding carboxylic acids is 2. The van der Waals surface area contributed by atoms with Crippen LogP contribution in [0.5, 0.6) is 0 Å². The van der Waals surface area contributed by atoms with Gasteiger partial charge in [0.25, 0.3) is 5.91 Å². The van der Waals surface area contributed by atoms with Crippen LogP contribution in [-0.4, -0.2) is 32.0 Å². The first-order chi connectivity index (χ1) is 15.0. The van der Waals surface area contributed by atoms with Gasteiger partial charge in [0.05, 0.1) is 11.5 Å². The van der Waals surface area contributed by atoms with Crippen molar-refractivity contribution < 1.29 is 9.59 Å². The van der Waals surface area contributed by atoms with Crippen molar-refractivity contribution in [2.75, 3.05) is 24.3 Å². The van der Waals surface area contributed by atoms with E-state index in [0.717, 1.165) is 29.7 Å². The SMILES string of the molecule is CN(C)c1ccc(NC(=O)C(c2ccccc2)c2ccccc2)cc1C(=O)NC1CC1. The van der Waals surface area contributed by atoms with E-state index < -0.39 is 5.92 Å². The van der Waals surface area contributed by atoms with Gasteiger partial charge in [-0.05, 0) is 42.2 Å². The van der Waals surface area contributed by atoms with Crippen LogP contribution in [0.4, 0.5) is 11.4 Å². The van der Waals surface area contributed by atoms with Gasteiger partial charge in [0.1, 0.15) is 0 Å². The third kappa shape index (κ3) is 4.94. The van der Waals surface area contributed by atoms with Gasteiger partial charge in [0.2, 0.25) is 5.91 Å². The van der Waals surface area contributed by atoms with Gasteiger partial charge in [-0.25, -0.2) is 0 Å². The van der Waals surface area contributed by atoms with E-state index >= 15 is 0 Å². The fourth-order valence-electron chi connectivity index (χ4n) is 3.68. The maximum absolute atomic E-state index is 13.4. The number of benzene rings is 3. The van der Waals surface area contributed by atoms with Crippen LogP contribution in [0.1, 0.15) is 40.2 Å². The lowest BCUT2D eigenvalue weighted by molar-refractivity contribution is -0.116. The number of rotatable bonds is 7. The molecule has 2 N–H and O–H groups in total. The lowest BCUT2D eigenvalue weighted by Gasteiger charge is -2.20. The monoisotopic (exact) mass is 413 g/mol. The van der Waals surface area contributed by atoms with Gasteiger partial charge in [0.15, 0.2) is 0 Å². The summed E-state index contributed by atoms with van der Waals surface area (Å²) in [6, 6.07) is 25.2. The molecule has 2 amide bonds. The van der Waals surface area contributed by atoms with E-state index in [4.69, 9.17) is 0 Å². The highest BCUT2D eigenvalue weighted by Gasteiger charge is 2.26. The second-order valence-electron chi connectivity index (χ2n) is 8.12. The molecule has 0 unspecified atom stereocenters. The summed E-state index contributed by atoms with van der Waals surface area (Å²) in [7, 11) is 3.81. The molecular formula is C26H27N3O2. The average molecular weight is 414 g/mol. The van der Waals surface area contributed by atoms with Crippen LogP contribution in [0.15, 0.2) is 78.9 Å². The Kier molecular flexibility index (Phi) is 6.03. The summed E-state index contributed by atoms with van der Waals surface area (Å²) in [6.45, 7) is 0. The Labute approximate surface area is 183 Å². The molecule has 5 nitrogen and oxygen atoms in total. The third-order valence-electron chi connectivity index (χ3n) is 5.43. The molecule has 5 heteroatoms. The molecule has 0 aliphatic heterocycles. The first-order valence-electron chi connectivity index (χ1n) is 10.6. The Morgan fingerprint density at radius 3 is 1.97 bits per heavy atom. The zero-order valence-electron chi connectivity index (χ0n) is 17.8. The molecule has 4 rings (SSSR count). The van der Waals surface area contributed by atoms with E-state index in [1.807, 2.05) is 91.8 Å². The summed E-state index contributed by atoms with van der Waals surface area (Å²) in [5.41, 5.74) is 3.82. The number of amides is 2. The quantitative estimate of drug-likeness (QED) is 0.603. The Morgan fingerprint density at radius 2 is 1.45 bits per heavy atom. The summed E-state index contributed by atoms with van der Waals surface area (Å²) >= 11 is 0. The largest absolute Gasteiger partial charge is 0.377 e. The molecule has 3 aromatic rings. The first kappa shape index (κ1) is 20.7. The molecular weight excluding hydrogens is 386 g/mol. The van der Waals surface area contributed by atoms with E-state index in [2.05, 4.69) is 10.6 Å². The van der Waals surface area contributed by atoms with Crippen molar-refractivity contribution in [3.05, 3.63) is 95.6 Å². The molecule has 31 heavy (non-hydrogen) atoms. The minimum absolute atomic E-state index is 0.107. The van der Waals surface area contributed by atoms with Gasteiger partial charge in [-0.15, -0.1) is 0 Å². The second kappa shape index (κ2) is 9.04. The summed E-state index contributed by atoms with van der Waals surface area (Å²) in [5.74, 6) is -0.687. The van der Waals surface area contributed by atoms with Crippen LogP contribution in [0.25, 0.3) is 0 Å². The number of hydrogen-bond acceptors (Lipinski definition) is 3. The first-order valence-corrected chi connectivity index (χ1v) is 10.6. The molecule has 1 aliphatic carbocycles. The molecule has 0 aromatic heterocycles. The van der Waals surface area contributed by atoms with E-state index in [1.54, 1.807) is 6.07 Å². The van der Waals surface area contributed by atoms with Crippen molar-refractivity contribution in [2.45, 2.75) is 24.8 Å². The molecule has 0 bridgehead atoms. The van der Waals surface area contributed by atoms with E-state index in [9.17, 15) is 9.59 Å². The minimum Gasteiger partial charge on any atom is -0.377 e. The molecule has 0 atom stereocenters. The van der Waals surface area contributed by atoms with Crippen molar-refractivity contribution in [2.24, 2.45) is 0 Å². The van der Waals surface area contributed by atoms with Crippen LogP contribution in [-0.2, 0) is 4.79 Å². The van der Waals surface area contributed by atoms with Crippen molar-refractivity contribution >= 4 is 23.2 Å². The van der Waals surface area contributed by atoms with E-state index in [-0.39, 0.29) is 17.9 Å². The van der Waals surface area contributed by atoms with Crippen molar-refractivity contribution in [3.63, 3.8) is 0 Å². The molecule has 0 radical (unpaired) electrons. The van der Waals surface area contributed by atoms with Crippen LogP contribution in [0, 0.1) is 0 Å². The second-order valence-corrected chi connectivity index (χ2v) is 8.12. The molecule has 1 saturated carbocycles. The maximum Gasteiger partial charge on any atom is 0.253 e. The molecule has 0 heterocycles. The maximum atomic E-state index is 13.4. The van der Waals surface area contributed by atoms with E-state index in [1.165, 1.54) is 0 Å². The molecule has 0 spiro atoms. The Bertz CT molecular complexity index is 1020. The fourth-order valence-corrected chi connectivity index (χ4v) is 3.68. The van der Waals surface area contributed by atoms with Crippen LogP contribution in [0.3, 0.4) is 0 Å². The number of anilines is 2. The van der Waals surface area contributed by atoms with Crippen LogP contribution in [0.2, 0.25) is 0 Å². The zero-order valence-corrected chi connectivity index (χ0v) is 17.8. The van der Waals surface area contributed by atoms with Gasteiger partial charge in [-0.1, -0.05) is 60.7 Å². The van der Waals surface area contributed by atoms with Gasteiger partial charge >= 0.3 is 0 Å². The van der Waals surface area contributed by atoms with Gasteiger partial charge in [0, 0.05) is 31.5 Å². The molecule has 1 fully saturated rings. The number of carbonyl (C=O) groups is 2. The highest BCUT2D eigenvalue weighted by molar-refractivity contribution is 6.03. The van der Waals surface area contributed by atoms with Crippen molar-refractivity contribution in [1.29, 1.82) is 0 Å². The number of nitrogens with one attached hydrogen (secondary N) is 2. The Morgan fingerprint density at radius 1 is 0.871 bits per heavy atom. The lowest BCUT2D eigenvalue weighted by atomic mass is 9.90. The predicted octanol–water partition coefficient (Wildman–Crippen LogP) is 4.42. The highest BCUT2D eigenvalue weighted by atomic mass is 16.2. The lowest BCUT2D eigenvalue weighted by Crippen LogP contribution is -2.28. The van der Waals surface area contributed by atoms with Crippen LogP contribution < -0.4 is 15.5 Å². The highest BCUT2D eigenvalue weighted by Crippen LogP contribution is 2.29.